The molecule has 0 aliphatic heterocycles. The molecule has 2 rings (SSSR count). The Hall–Kier alpha value is -0.380. The monoisotopic (exact) mass is 308 g/mol. The van der Waals surface area contributed by atoms with Crippen molar-refractivity contribution in [2.24, 2.45) is 0 Å². The molecule has 0 saturated heterocycles. The van der Waals surface area contributed by atoms with E-state index in [1.165, 1.54) is 54.8 Å². The van der Waals surface area contributed by atoms with Gasteiger partial charge < -0.3 is 10.2 Å². The van der Waals surface area contributed by atoms with Crippen LogP contribution in [-0.2, 0) is 6.42 Å². The summed E-state index contributed by atoms with van der Waals surface area (Å²) in [4.78, 5) is 5.56. The van der Waals surface area contributed by atoms with Crippen LogP contribution in [0.15, 0.2) is 12.1 Å². The van der Waals surface area contributed by atoms with Crippen molar-refractivity contribution in [3.05, 3.63) is 21.9 Å². The van der Waals surface area contributed by atoms with E-state index in [1.54, 1.807) is 0 Å². The highest BCUT2D eigenvalue weighted by Crippen LogP contribution is 2.24. The first-order valence-electron chi connectivity index (χ1n) is 8.73. The molecule has 0 bridgehead atoms. The van der Waals surface area contributed by atoms with E-state index in [4.69, 9.17) is 0 Å². The molecule has 1 aliphatic rings. The Morgan fingerprint density at radius 2 is 2.05 bits per heavy atom. The van der Waals surface area contributed by atoms with Gasteiger partial charge in [0.15, 0.2) is 0 Å². The van der Waals surface area contributed by atoms with Crippen LogP contribution in [0, 0.1) is 0 Å². The molecule has 1 saturated carbocycles. The zero-order chi connectivity index (χ0) is 15.1. The van der Waals surface area contributed by atoms with Gasteiger partial charge in [0, 0.05) is 21.8 Å². The SMILES string of the molecule is CCc1ccc(C(C)NCCCN(C)C2CCCCC2)s1. The molecular formula is C18H32N2S. The second kappa shape index (κ2) is 8.92. The molecule has 1 fully saturated rings. The lowest BCUT2D eigenvalue weighted by Crippen LogP contribution is -2.35. The molecule has 0 radical (unpaired) electrons. The maximum atomic E-state index is 3.68. The first kappa shape index (κ1) is 17.0. The lowest BCUT2D eigenvalue weighted by Gasteiger charge is -2.31. The summed E-state index contributed by atoms with van der Waals surface area (Å²) >= 11 is 1.96. The quantitative estimate of drug-likeness (QED) is 0.705. The fourth-order valence-electron chi connectivity index (χ4n) is 3.27. The van der Waals surface area contributed by atoms with Crippen LogP contribution in [0.5, 0.6) is 0 Å². The van der Waals surface area contributed by atoms with E-state index >= 15 is 0 Å². The molecular weight excluding hydrogens is 276 g/mol. The molecule has 1 aliphatic carbocycles. The third-order valence-electron chi connectivity index (χ3n) is 4.79. The van der Waals surface area contributed by atoms with Crippen molar-refractivity contribution in [2.75, 3.05) is 20.1 Å². The van der Waals surface area contributed by atoms with Crippen LogP contribution in [0.4, 0.5) is 0 Å². The number of rotatable bonds is 8. The Kier molecular flexibility index (Phi) is 7.21. The topological polar surface area (TPSA) is 15.3 Å². The van der Waals surface area contributed by atoms with Gasteiger partial charge in [-0.2, -0.15) is 0 Å². The predicted molar refractivity (Wildman–Crippen MR) is 94.2 cm³/mol. The van der Waals surface area contributed by atoms with E-state index in [-0.39, 0.29) is 0 Å². The van der Waals surface area contributed by atoms with Gasteiger partial charge >= 0.3 is 0 Å². The van der Waals surface area contributed by atoms with Gasteiger partial charge in [0.2, 0.25) is 0 Å². The van der Waals surface area contributed by atoms with Gasteiger partial charge in [-0.3, -0.25) is 0 Å². The minimum atomic E-state index is 0.496. The molecule has 21 heavy (non-hydrogen) atoms. The van der Waals surface area contributed by atoms with E-state index in [9.17, 15) is 0 Å². The van der Waals surface area contributed by atoms with Gasteiger partial charge in [-0.05, 0) is 64.9 Å². The van der Waals surface area contributed by atoms with Crippen LogP contribution < -0.4 is 5.32 Å². The average Bonchev–Trinajstić information content (AvgIpc) is 3.01. The van der Waals surface area contributed by atoms with Gasteiger partial charge in [0.1, 0.15) is 0 Å². The minimum Gasteiger partial charge on any atom is -0.309 e. The maximum absolute atomic E-state index is 3.68. The number of nitrogens with zero attached hydrogens (tertiary/aromatic N) is 1. The molecule has 0 amide bonds. The standard InChI is InChI=1S/C18H32N2S/c1-4-17-11-12-18(21-17)15(2)19-13-8-14-20(3)16-9-6-5-7-10-16/h11-12,15-16,19H,4-10,13-14H2,1-3H3. The van der Waals surface area contributed by atoms with Crippen molar-refractivity contribution in [1.29, 1.82) is 0 Å². The Morgan fingerprint density at radius 3 is 2.71 bits per heavy atom. The minimum absolute atomic E-state index is 0.496. The van der Waals surface area contributed by atoms with Crippen molar-refractivity contribution >= 4 is 11.3 Å². The van der Waals surface area contributed by atoms with Crippen LogP contribution in [0.2, 0.25) is 0 Å². The molecule has 1 unspecified atom stereocenters. The Labute approximate surface area is 134 Å². The number of aryl methyl sites for hydroxylation is 1. The van der Waals surface area contributed by atoms with Crippen LogP contribution in [-0.4, -0.2) is 31.1 Å². The molecule has 1 heterocycles. The Bertz CT molecular complexity index is 396. The lowest BCUT2D eigenvalue weighted by atomic mass is 9.94. The van der Waals surface area contributed by atoms with Crippen molar-refractivity contribution in [1.82, 2.24) is 10.2 Å². The third kappa shape index (κ3) is 5.39. The second-order valence-electron chi connectivity index (χ2n) is 6.46. The van der Waals surface area contributed by atoms with Gasteiger partial charge in [-0.15, -0.1) is 11.3 Å². The van der Waals surface area contributed by atoms with Gasteiger partial charge in [-0.25, -0.2) is 0 Å². The summed E-state index contributed by atoms with van der Waals surface area (Å²) in [7, 11) is 2.31. The van der Waals surface area contributed by atoms with Gasteiger partial charge in [0.25, 0.3) is 0 Å². The molecule has 1 aromatic rings. The number of hydrogen-bond donors (Lipinski definition) is 1. The zero-order valence-electron chi connectivity index (χ0n) is 14.0. The first-order chi connectivity index (χ1) is 10.2. The van der Waals surface area contributed by atoms with Crippen LogP contribution in [0.25, 0.3) is 0 Å². The normalized spacial score (nSPS) is 18.3. The van der Waals surface area contributed by atoms with E-state index in [1.807, 2.05) is 11.3 Å². The van der Waals surface area contributed by atoms with E-state index in [0.29, 0.717) is 6.04 Å². The largest absolute Gasteiger partial charge is 0.309 e. The predicted octanol–water partition coefficient (Wildman–Crippen LogP) is 4.62. The number of thiophene rings is 1. The summed E-state index contributed by atoms with van der Waals surface area (Å²) in [5.41, 5.74) is 0. The summed E-state index contributed by atoms with van der Waals surface area (Å²) in [6, 6.07) is 5.90. The molecule has 3 heteroatoms. The smallest absolute Gasteiger partial charge is 0.0386 e. The fraction of sp³-hybridized carbons (Fsp3) is 0.778. The second-order valence-corrected chi connectivity index (χ2v) is 7.66. The summed E-state index contributed by atoms with van der Waals surface area (Å²) in [5.74, 6) is 0. The molecule has 0 aromatic carbocycles. The van der Waals surface area contributed by atoms with Crippen LogP contribution in [0.3, 0.4) is 0 Å². The van der Waals surface area contributed by atoms with Crippen molar-refractivity contribution < 1.29 is 0 Å². The molecule has 1 atom stereocenters. The zero-order valence-corrected chi connectivity index (χ0v) is 14.8. The maximum Gasteiger partial charge on any atom is 0.0386 e. The Balaban J connectivity index is 1.62. The summed E-state index contributed by atoms with van der Waals surface area (Å²) in [5, 5.41) is 3.68. The van der Waals surface area contributed by atoms with Crippen molar-refractivity contribution in [3.63, 3.8) is 0 Å². The average molecular weight is 309 g/mol. The summed E-state index contributed by atoms with van der Waals surface area (Å²) in [6.07, 6.45) is 9.55. The van der Waals surface area contributed by atoms with E-state index in [2.05, 4.69) is 43.2 Å². The fourth-order valence-corrected chi connectivity index (χ4v) is 4.25. The van der Waals surface area contributed by atoms with Crippen LogP contribution in [0.1, 0.15) is 68.2 Å². The number of nitrogens with one attached hydrogen (secondary N) is 1. The summed E-state index contributed by atoms with van der Waals surface area (Å²) < 4.78 is 0. The lowest BCUT2D eigenvalue weighted by molar-refractivity contribution is 0.189. The van der Waals surface area contributed by atoms with Crippen molar-refractivity contribution in [2.45, 2.75) is 70.9 Å². The molecule has 2 nitrogen and oxygen atoms in total. The highest BCUT2D eigenvalue weighted by Gasteiger charge is 2.17. The molecule has 1 aromatic heterocycles. The van der Waals surface area contributed by atoms with Gasteiger partial charge in [-0.1, -0.05) is 26.2 Å². The van der Waals surface area contributed by atoms with Gasteiger partial charge in [0.05, 0.1) is 0 Å². The first-order valence-corrected chi connectivity index (χ1v) is 9.54. The van der Waals surface area contributed by atoms with Crippen LogP contribution >= 0.6 is 11.3 Å². The number of hydrogen-bond acceptors (Lipinski definition) is 3. The Morgan fingerprint density at radius 1 is 1.29 bits per heavy atom. The molecule has 1 N–H and O–H groups in total. The van der Waals surface area contributed by atoms with Crippen molar-refractivity contribution in [3.8, 4) is 0 Å². The summed E-state index contributed by atoms with van der Waals surface area (Å²) in [6.45, 7) is 6.87. The highest BCUT2D eigenvalue weighted by atomic mass is 32.1. The highest BCUT2D eigenvalue weighted by molar-refractivity contribution is 7.12. The van der Waals surface area contributed by atoms with E-state index in [0.717, 1.165) is 19.0 Å². The molecule has 0 spiro atoms. The van der Waals surface area contributed by atoms with E-state index < -0.39 is 0 Å². The molecule has 120 valence electrons. The third-order valence-corrected chi connectivity index (χ3v) is 6.21.